The van der Waals surface area contributed by atoms with Crippen molar-refractivity contribution in [2.24, 2.45) is 0 Å². The molecule has 0 aromatic heterocycles. The van der Waals surface area contributed by atoms with Crippen LogP contribution in [0.1, 0.15) is 22.0 Å². The Morgan fingerprint density at radius 2 is 1.88 bits per heavy atom. The van der Waals surface area contributed by atoms with Crippen LogP contribution in [0.15, 0.2) is 42.5 Å². The van der Waals surface area contributed by atoms with Crippen LogP contribution in [-0.4, -0.2) is 36.4 Å². The van der Waals surface area contributed by atoms with Gasteiger partial charge in [0, 0.05) is 23.2 Å². The van der Waals surface area contributed by atoms with E-state index in [9.17, 15) is 14.9 Å². The maximum atomic E-state index is 12.3. The summed E-state index contributed by atoms with van der Waals surface area (Å²) in [6.45, 7) is 0.298. The number of hydrogen-bond acceptors (Lipinski definition) is 4. The summed E-state index contributed by atoms with van der Waals surface area (Å²) < 4.78 is 0. The van der Waals surface area contributed by atoms with Crippen LogP contribution in [0.3, 0.4) is 0 Å². The molecule has 6 nitrogen and oxygen atoms in total. The average Bonchev–Trinajstić information content (AvgIpc) is 2.56. The number of hydrogen-bond donors (Lipinski definition) is 1. The number of amides is 1. The van der Waals surface area contributed by atoms with Crippen molar-refractivity contribution in [2.45, 2.75) is 6.04 Å². The van der Waals surface area contributed by atoms with Crippen LogP contribution in [0.2, 0.25) is 10.0 Å². The number of benzene rings is 2. The molecule has 0 aliphatic rings. The van der Waals surface area contributed by atoms with Crippen molar-refractivity contribution in [3.63, 3.8) is 0 Å². The molecule has 0 fully saturated rings. The van der Waals surface area contributed by atoms with Crippen molar-refractivity contribution < 1.29 is 9.72 Å². The average molecular weight is 382 g/mol. The summed E-state index contributed by atoms with van der Waals surface area (Å²) in [4.78, 5) is 24.6. The van der Waals surface area contributed by atoms with Crippen molar-refractivity contribution >= 4 is 34.8 Å². The first-order valence-corrected chi connectivity index (χ1v) is 8.20. The van der Waals surface area contributed by atoms with Crippen molar-refractivity contribution in [3.05, 3.63) is 73.8 Å². The lowest BCUT2D eigenvalue weighted by Gasteiger charge is -2.26. The summed E-state index contributed by atoms with van der Waals surface area (Å²) >= 11 is 12.0. The zero-order valence-corrected chi connectivity index (χ0v) is 15.2. The van der Waals surface area contributed by atoms with Crippen LogP contribution in [0, 0.1) is 10.1 Å². The molecule has 2 aromatic carbocycles. The Balaban J connectivity index is 2.16. The summed E-state index contributed by atoms with van der Waals surface area (Å²) in [5.41, 5.74) is 0.758. The molecule has 0 heterocycles. The van der Waals surface area contributed by atoms with Crippen LogP contribution >= 0.6 is 23.2 Å². The van der Waals surface area contributed by atoms with Crippen LogP contribution in [-0.2, 0) is 0 Å². The van der Waals surface area contributed by atoms with Gasteiger partial charge in [0.1, 0.15) is 5.02 Å². The highest BCUT2D eigenvalue weighted by Crippen LogP contribution is 2.27. The highest BCUT2D eigenvalue weighted by Gasteiger charge is 2.20. The number of rotatable bonds is 6. The SMILES string of the molecule is CN(C)[C@@H](CNC(=O)c1ccc(Cl)c([N+](=O)[O-])c1)c1ccccc1Cl. The predicted octanol–water partition coefficient (Wildman–Crippen LogP) is 3.93. The van der Waals surface area contributed by atoms with E-state index in [0.717, 1.165) is 11.6 Å². The topological polar surface area (TPSA) is 75.5 Å². The molecule has 0 unspecified atom stereocenters. The van der Waals surface area contributed by atoms with E-state index in [1.807, 2.05) is 37.2 Å². The quantitative estimate of drug-likeness (QED) is 0.607. The molecule has 0 saturated carbocycles. The Morgan fingerprint density at radius 3 is 2.48 bits per heavy atom. The number of carbonyl (C=O) groups is 1. The molecule has 0 radical (unpaired) electrons. The van der Waals surface area contributed by atoms with Gasteiger partial charge in [0.25, 0.3) is 11.6 Å². The predicted molar refractivity (Wildman–Crippen MR) is 98.3 cm³/mol. The zero-order chi connectivity index (χ0) is 18.6. The lowest BCUT2D eigenvalue weighted by molar-refractivity contribution is -0.384. The van der Waals surface area contributed by atoms with Crippen molar-refractivity contribution in [1.82, 2.24) is 10.2 Å². The minimum Gasteiger partial charge on any atom is -0.350 e. The van der Waals surface area contributed by atoms with Gasteiger partial charge in [0.15, 0.2) is 0 Å². The minimum atomic E-state index is -0.620. The maximum Gasteiger partial charge on any atom is 0.288 e. The van der Waals surface area contributed by atoms with Gasteiger partial charge in [-0.15, -0.1) is 0 Å². The molecule has 0 spiro atoms. The van der Waals surface area contributed by atoms with Gasteiger partial charge in [-0.05, 0) is 37.9 Å². The van der Waals surface area contributed by atoms with E-state index in [1.54, 1.807) is 6.07 Å². The Kier molecular flexibility index (Phi) is 6.36. The van der Waals surface area contributed by atoms with E-state index in [-0.39, 0.29) is 22.3 Å². The van der Waals surface area contributed by atoms with Gasteiger partial charge in [0.2, 0.25) is 0 Å². The standard InChI is InChI=1S/C17H17Cl2N3O3/c1-21(2)16(12-5-3-4-6-13(12)18)10-20-17(23)11-7-8-14(19)15(9-11)22(24)25/h3-9,16H,10H2,1-2H3,(H,20,23)/t16-/m0/s1. The molecule has 0 bridgehead atoms. The van der Waals surface area contributed by atoms with Gasteiger partial charge in [-0.2, -0.15) is 0 Å². The van der Waals surface area contributed by atoms with Gasteiger partial charge in [0.05, 0.1) is 11.0 Å². The van der Waals surface area contributed by atoms with Crippen LogP contribution in [0.25, 0.3) is 0 Å². The second-order valence-electron chi connectivity index (χ2n) is 5.63. The number of nitro groups is 1. The number of halogens is 2. The Bertz CT molecular complexity index is 796. The maximum absolute atomic E-state index is 12.3. The molecule has 8 heteroatoms. The van der Waals surface area contributed by atoms with Gasteiger partial charge >= 0.3 is 0 Å². The lowest BCUT2D eigenvalue weighted by Crippen LogP contribution is -2.34. The Morgan fingerprint density at radius 1 is 1.20 bits per heavy atom. The van der Waals surface area contributed by atoms with Crippen molar-refractivity contribution in [3.8, 4) is 0 Å². The molecule has 132 valence electrons. The smallest absolute Gasteiger partial charge is 0.288 e. The fourth-order valence-electron chi connectivity index (χ4n) is 2.40. The summed E-state index contributed by atoms with van der Waals surface area (Å²) in [5, 5.41) is 14.3. The summed E-state index contributed by atoms with van der Waals surface area (Å²) in [7, 11) is 3.76. The number of carbonyl (C=O) groups excluding carboxylic acids is 1. The molecule has 2 rings (SSSR count). The van der Waals surface area contributed by atoms with Crippen LogP contribution in [0.4, 0.5) is 5.69 Å². The van der Waals surface area contributed by atoms with Crippen LogP contribution < -0.4 is 5.32 Å². The molecule has 1 amide bonds. The van der Waals surface area contributed by atoms with Gasteiger partial charge in [-0.25, -0.2) is 0 Å². The number of likely N-dealkylation sites (N-methyl/N-ethyl adjacent to an activating group) is 1. The van der Waals surface area contributed by atoms with Gasteiger partial charge in [-0.1, -0.05) is 41.4 Å². The minimum absolute atomic E-state index is 0.0104. The molecular formula is C17H17Cl2N3O3. The molecule has 1 atom stereocenters. The first-order chi connectivity index (χ1) is 11.8. The number of nitrogens with one attached hydrogen (secondary N) is 1. The van der Waals surface area contributed by atoms with Crippen molar-refractivity contribution in [2.75, 3.05) is 20.6 Å². The van der Waals surface area contributed by atoms with E-state index in [4.69, 9.17) is 23.2 Å². The molecule has 25 heavy (non-hydrogen) atoms. The third-order valence-corrected chi connectivity index (χ3v) is 4.41. The Hall–Kier alpha value is -2.15. The highest BCUT2D eigenvalue weighted by atomic mass is 35.5. The summed E-state index contributed by atoms with van der Waals surface area (Å²) in [6.07, 6.45) is 0. The Labute approximate surface area is 155 Å². The van der Waals surface area contributed by atoms with E-state index in [2.05, 4.69) is 5.32 Å². The lowest BCUT2D eigenvalue weighted by atomic mass is 10.1. The fourth-order valence-corrected chi connectivity index (χ4v) is 2.85. The monoisotopic (exact) mass is 381 g/mol. The van der Waals surface area contributed by atoms with Crippen molar-refractivity contribution in [1.29, 1.82) is 0 Å². The fraction of sp³-hybridized carbons (Fsp3) is 0.235. The van der Waals surface area contributed by atoms with Gasteiger partial charge < -0.3 is 10.2 Å². The van der Waals surface area contributed by atoms with E-state index < -0.39 is 10.8 Å². The number of nitrogens with zero attached hydrogens (tertiary/aromatic N) is 2. The molecule has 0 aliphatic carbocycles. The molecule has 0 aliphatic heterocycles. The largest absolute Gasteiger partial charge is 0.350 e. The second kappa shape index (κ2) is 8.29. The third-order valence-electron chi connectivity index (χ3n) is 3.75. The summed E-state index contributed by atoms with van der Waals surface area (Å²) in [6, 6.07) is 11.2. The highest BCUT2D eigenvalue weighted by molar-refractivity contribution is 6.32. The first-order valence-electron chi connectivity index (χ1n) is 7.44. The first kappa shape index (κ1) is 19.2. The summed E-state index contributed by atoms with van der Waals surface area (Å²) in [5.74, 6) is -0.418. The second-order valence-corrected chi connectivity index (χ2v) is 6.45. The molecule has 1 N–H and O–H groups in total. The van der Waals surface area contributed by atoms with E-state index in [1.165, 1.54) is 12.1 Å². The number of nitro benzene ring substituents is 1. The van der Waals surface area contributed by atoms with E-state index >= 15 is 0 Å². The molecule has 2 aromatic rings. The molecule has 0 saturated heterocycles. The zero-order valence-electron chi connectivity index (χ0n) is 13.7. The third kappa shape index (κ3) is 4.69. The van der Waals surface area contributed by atoms with Gasteiger partial charge in [-0.3, -0.25) is 14.9 Å². The normalized spacial score (nSPS) is 12.0. The van der Waals surface area contributed by atoms with E-state index in [0.29, 0.717) is 11.6 Å². The molecular weight excluding hydrogens is 365 g/mol. The van der Waals surface area contributed by atoms with Crippen LogP contribution in [0.5, 0.6) is 0 Å².